The number of carbonyl (C=O) groups excluding carboxylic acids is 2. The highest BCUT2D eigenvalue weighted by Crippen LogP contribution is 2.34. The van der Waals surface area contributed by atoms with Crippen LogP contribution in [-0.2, 0) is 14.4 Å². The van der Waals surface area contributed by atoms with Gasteiger partial charge in [0.1, 0.15) is 6.04 Å². The van der Waals surface area contributed by atoms with Crippen molar-refractivity contribution < 1.29 is 19.5 Å². The van der Waals surface area contributed by atoms with Crippen molar-refractivity contribution in [3.63, 3.8) is 0 Å². The molecule has 0 amide bonds. The van der Waals surface area contributed by atoms with Crippen LogP contribution in [0.15, 0.2) is 11.3 Å². The number of Topliss-reactive ketones (excluding diaryl/α,β-unsaturated/α-hetero) is 2. The molecule has 1 atom stereocenters. The average molecular weight is 281 g/mol. The Labute approximate surface area is 119 Å². The van der Waals surface area contributed by atoms with Gasteiger partial charge >= 0.3 is 5.97 Å². The fourth-order valence-electron chi connectivity index (χ4n) is 2.50. The molecule has 0 bridgehead atoms. The van der Waals surface area contributed by atoms with Gasteiger partial charge in [-0.2, -0.15) is 0 Å². The van der Waals surface area contributed by atoms with Crippen molar-refractivity contribution in [2.45, 2.75) is 53.5 Å². The third-order valence-electron chi connectivity index (χ3n) is 3.52. The van der Waals surface area contributed by atoms with Crippen LogP contribution in [0.5, 0.6) is 0 Å². The fourth-order valence-corrected chi connectivity index (χ4v) is 2.50. The number of carbonyl (C=O) groups is 3. The summed E-state index contributed by atoms with van der Waals surface area (Å²) in [6, 6.07) is -0.807. The van der Waals surface area contributed by atoms with Crippen LogP contribution in [0.2, 0.25) is 0 Å². The highest BCUT2D eigenvalue weighted by atomic mass is 16.4. The molecule has 0 radical (unpaired) electrons. The van der Waals surface area contributed by atoms with Crippen LogP contribution in [0.3, 0.4) is 0 Å². The number of aliphatic carboxylic acids is 1. The number of hydrogen-bond acceptors (Lipinski definition) is 4. The van der Waals surface area contributed by atoms with Crippen LogP contribution in [0.4, 0.5) is 0 Å². The molecule has 0 heterocycles. The van der Waals surface area contributed by atoms with Crippen LogP contribution in [0, 0.1) is 11.3 Å². The number of nitrogens with one attached hydrogen (secondary N) is 1. The molecule has 5 nitrogen and oxygen atoms in total. The average Bonchev–Trinajstić information content (AvgIpc) is 2.21. The Balaban J connectivity index is 3.03. The minimum absolute atomic E-state index is 0.135. The maximum Gasteiger partial charge on any atom is 0.326 e. The predicted molar refractivity (Wildman–Crippen MR) is 75.1 cm³/mol. The first-order valence-corrected chi connectivity index (χ1v) is 6.82. The van der Waals surface area contributed by atoms with E-state index in [1.807, 2.05) is 13.8 Å². The first kappa shape index (κ1) is 16.4. The van der Waals surface area contributed by atoms with Gasteiger partial charge in [-0.25, -0.2) is 4.79 Å². The van der Waals surface area contributed by atoms with E-state index < -0.39 is 12.0 Å². The lowest BCUT2D eigenvalue weighted by Gasteiger charge is -2.30. The molecule has 0 saturated heterocycles. The van der Waals surface area contributed by atoms with Crippen molar-refractivity contribution in [3.8, 4) is 0 Å². The third kappa shape index (κ3) is 3.68. The minimum Gasteiger partial charge on any atom is -0.480 e. The number of hydrogen-bond donors (Lipinski definition) is 2. The second-order valence-electron chi connectivity index (χ2n) is 6.57. The molecule has 1 fully saturated rings. The number of allylic oxidation sites excluding steroid dienone is 2. The molecule has 0 aromatic heterocycles. The summed E-state index contributed by atoms with van der Waals surface area (Å²) in [6.07, 6.45) is 0.624. The van der Waals surface area contributed by atoms with Crippen molar-refractivity contribution in [3.05, 3.63) is 11.3 Å². The molecule has 1 saturated carbocycles. The molecule has 0 aliphatic heterocycles. The first-order valence-electron chi connectivity index (χ1n) is 6.82. The molecule has 2 N–H and O–H groups in total. The van der Waals surface area contributed by atoms with Crippen molar-refractivity contribution in [1.29, 1.82) is 0 Å². The Hall–Kier alpha value is -1.65. The van der Waals surface area contributed by atoms with Crippen LogP contribution < -0.4 is 5.32 Å². The Kier molecular flexibility index (Phi) is 4.73. The van der Waals surface area contributed by atoms with Gasteiger partial charge in [-0.15, -0.1) is 0 Å². The van der Waals surface area contributed by atoms with E-state index in [9.17, 15) is 14.4 Å². The van der Waals surface area contributed by atoms with E-state index in [0.717, 1.165) is 0 Å². The maximum absolute atomic E-state index is 12.1. The number of carboxylic acids is 1. The molecule has 112 valence electrons. The van der Waals surface area contributed by atoms with Gasteiger partial charge in [0.2, 0.25) is 0 Å². The molecule has 0 aromatic carbocycles. The summed E-state index contributed by atoms with van der Waals surface area (Å²) in [7, 11) is 0. The van der Waals surface area contributed by atoms with Gasteiger partial charge in [0.05, 0.1) is 5.57 Å². The molecule has 0 unspecified atom stereocenters. The van der Waals surface area contributed by atoms with Gasteiger partial charge in [0, 0.05) is 18.5 Å². The predicted octanol–water partition coefficient (Wildman–Crippen LogP) is 1.92. The molecule has 1 rings (SSSR count). The third-order valence-corrected chi connectivity index (χ3v) is 3.52. The summed E-state index contributed by atoms with van der Waals surface area (Å²) in [5, 5.41) is 12.0. The van der Waals surface area contributed by atoms with Gasteiger partial charge in [-0.05, 0) is 18.3 Å². The molecule has 0 aromatic rings. The van der Waals surface area contributed by atoms with Crippen LogP contribution >= 0.6 is 0 Å². The molecule has 20 heavy (non-hydrogen) atoms. The van der Waals surface area contributed by atoms with Gasteiger partial charge in [-0.3, -0.25) is 9.59 Å². The molecule has 1 aliphatic rings. The standard InChI is InChI=1S/C15H23NO4/c1-8(2)13(14(19)20)16-9(3)12-10(17)6-15(4,5)7-11(12)18/h8,13,16H,6-7H2,1-5H3,(H,19,20)/t13-/m0/s1. The first-order chi connectivity index (χ1) is 9.05. The summed E-state index contributed by atoms with van der Waals surface area (Å²) in [5.74, 6) is -1.54. The lowest BCUT2D eigenvalue weighted by Crippen LogP contribution is -2.42. The second kappa shape index (κ2) is 5.77. The lowest BCUT2D eigenvalue weighted by atomic mass is 9.73. The SMILES string of the molecule is CC(N[C@H](C(=O)O)C(C)C)=C1C(=O)CC(C)(C)CC1=O. The zero-order valence-electron chi connectivity index (χ0n) is 12.7. The van der Waals surface area contributed by atoms with Crippen LogP contribution in [-0.4, -0.2) is 28.7 Å². The Bertz CT molecular complexity index is 452. The summed E-state index contributed by atoms with van der Waals surface area (Å²) < 4.78 is 0. The lowest BCUT2D eigenvalue weighted by molar-refractivity contribution is -0.140. The van der Waals surface area contributed by atoms with Gasteiger partial charge in [-0.1, -0.05) is 27.7 Å². The van der Waals surface area contributed by atoms with E-state index >= 15 is 0 Å². The zero-order chi connectivity index (χ0) is 15.7. The van der Waals surface area contributed by atoms with E-state index in [4.69, 9.17) is 5.11 Å². The molecule has 5 heteroatoms. The molecule has 1 aliphatic carbocycles. The molecular weight excluding hydrogens is 258 g/mol. The Morgan fingerprint density at radius 2 is 1.65 bits per heavy atom. The summed E-state index contributed by atoms with van der Waals surface area (Å²) in [5.41, 5.74) is 0.190. The topological polar surface area (TPSA) is 83.5 Å². The fraction of sp³-hybridized carbons (Fsp3) is 0.667. The van der Waals surface area contributed by atoms with E-state index in [0.29, 0.717) is 18.5 Å². The van der Waals surface area contributed by atoms with Crippen molar-refractivity contribution in [1.82, 2.24) is 5.32 Å². The Morgan fingerprint density at radius 1 is 1.20 bits per heavy atom. The maximum atomic E-state index is 12.1. The van der Waals surface area contributed by atoms with Crippen LogP contribution in [0.25, 0.3) is 0 Å². The minimum atomic E-state index is -0.990. The highest BCUT2D eigenvalue weighted by molar-refractivity contribution is 6.22. The monoisotopic (exact) mass is 281 g/mol. The normalized spacial score (nSPS) is 20.0. The van der Waals surface area contributed by atoms with Crippen molar-refractivity contribution in [2.24, 2.45) is 11.3 Å². The smallest absolute Gasteiger partial charge is 0.326 e. The summed E-state index contributed by atoms with van der Waals surface area (Å²) in [6.45, 7) is 8.92. The van der Waals surface area contributed by atoms with E-state index in [2.05, 4.69) is 5.32 Å². The van der Waals surface area contributed by atoms with Crippen LogP contribution in [0.1, 0.15) is 47.5 Å². The van der Waals surface area contributed by atoms with E-state index in [1.54, 1.807) is 20.8 Å². The van der Waals surface area contributed by atoms with Crippen molar-refractivity contribution >= 4 is 17.5 Å². The van der Waals surface area contributed by atoms with Crippen molar-refractivity contribution in [2.75, 3.05) is 0 Å². The zero-order valence-corrected chi connectivity index (χ0v) is 12.7. The highest BCUT2D eigenvalue weighted by Gasteiger charge is 2.37. The van der Waals surface area contributed by atoms with Gasteiger partial charge in [0.25, 0.3) is 0 Å². The van der Waals surface area contributed by atoms with Gasteiger partial charge in [0.15, 0.2) is 11.6 Å². The second-order valence-corrected chi connectivity index (χ2v) is 6.57. The summed E-state index contributed by atoms with van der Waals surface area (Å²) >= 11 is 0. The number of carboxylic acid groups (broad SMARTS) is 1. The number of ketones is 2. The van der Waals surface area contributed by atoms with E-state index in [1.165, 1.54) is 0 Å². The Morgan fingerprint density at radius 3 is 2.00 bits per heavy atom. The quantitative estimate of drug-likeness (QED) is 0.607. The molecular formula is C15H23NO4. The summed E-state index contributed by atoms with van der Waals surface area (Å²) in [4.78, 5) is 35.4. The molecule has 0 spiro atoms. The van der Waals surface area contributed by atoms with Gasteiger partial charge < -0.3 is 10.4 Å². The van der Waals surface area contributed by atoms with E-state index in [-0.39, 0.29) is 28.5 Å². The largest absolute Gasteiger partial charge is 0.480 e. The number of rotatable bonds is 4.